The van der Waals surface area contributed by atoms with Crippen molar-refractivity contribution in [2.24, 2.45) is 0 Å². The fourth-order valence-corrected chi connectivity index (χ4v) is 2.14. The van der Waals surface area contributed by atoms with Gasteiger partial charge in [-0.05, 0) is 55.0 Å². The maximum absolute atomic E-state index is 8.87. The van der Waals surface area contributed by atoms with Gasteiger partial charge in [-0.15, -0.1) is 0 Å². The average molecular weight is 283 g/mol. The highest BCUT2D eigenvalue weighted by atomic mass is 15.0. The van der Waals surface area contributed by atoms with E-state index in [9.17, 15) is 0 Å². The molecule has 0 aliphatic heterocycles. The molecule has 0 saturated carbocycles. The molecule has 0 spiro atoms. The molecule has 0 amide bonds. The van der Waals surface area contributed by atoms with E-state index in [-0.39, 0.29) is 0 Å². The summed E-state index contributed by atoms with van der Waals surface area (Å²) in [4.78, 5) is 4.03. The van der Waals surface area contributed by atoms with Crippen molar-refractivity contribution in [3.05, 3.63) is 83.4 Å². The van der Waals surface area contributed by atoms with E-state index in [0.717, 1.165) is 22.4 Å². The first kappa shape index (κ1) is 13.7. The molecular weight excluding hydrogens is 270 g/mol. The van der Waals surface area contributed by atoms with Gasteiger partial charge in [-0.3, -0.25) is 0 Å². The standard InChI is InChI=1S/C19H13N3/c1-15-12-17(13-20)3-7-18(15)6-2-16-4-8-19(9-5-16)22-11-10-21-14-22/h3-5,7-12,14H,1H3. The molecule has 0 aliphatic carbocycles. The van der Waals surface area contributed by atoms with Gasteiger partial charge in [0.05, 0.1) is 18.0 Å². The van der Waals surface area contributed by atoms with Gasteiger partial charge in [0.1, 0.15) is 0 Å². The Morgan fingerprint density at radius 2 is 1.77 bits per heavy atom. The first-order chi connectivity index (χ1) is 10.8. The van der Waals surface area contributed by atoms with E-state index >= 15 is 0 Å². The monoisotopic (exact) mass is 283 g/mol. The third-order valence-electron chi connectivity index (χ3n) is 3.37. The first-order valence-electron chi connectivity index (χ1n) is 6.87. The zero-order chi connectivity index (χ0) is 15.4. The van der Waals surface area contributed by atoms with Crippen LogP contribution >= 0.6 is 0 Å². The lowest BCUT2D eigenvalue weighted by Gasteiger charge is -2.01. The number of hydrogen-bond acceptors (Lipinski definition) is 2. The summed E-state index contributed by atoms with van der Waals surface area (Å²) < 4.78 is 1.95. The molecule has 0 saturated heterocycles. The normalized spacial score (nSPS) is 9.64. The Morgan fingerprint density at radius 1 is 1.00 bits per heavy atom. The molecular formula is C19H13N3. The number of imidazole rings is 1. The molecule has 0 bridgehead atoms. The van der Waals surface area contributed by atoms with Gasteiger partial charge in [0.2, 0.25) is 0 Å². The summed E-state index contributed by atoms with van der Waals surface area (Å²) in [5.74, 6) is 6.31. The van der Waals surface area contributed by atoms with Gasteiger partial charge in [0.15, 0.2) is 0 Å². The highest BCUT2D eigenvalue weighted by Gasteiger charge is 1.97. The molecule has 1 heterocycles. The molecule has 2 aromatic carbocycles. The Labute approximate surface area is 129 Å². The van der Waals surface area contributed by atoms with Crippen LogP contribution in [0.3, 0.4) is 0 Å². The minimum Gasteiger partial charge on any atom is -0.306 e. The third kappa shape index (κ3) is 2.90. The van der Waals surface area contributed by atoms with Crippen molar-refractivity contribution in [1.82, 2.24) is 9.55 Å². The Balaban J connectivity index is 1.84. The molecule has 104 valence electrons. The van der Waals surface area contributed by atoms with Gasteiger partial charge in [-0.2, -0.15) is 5.26 Å². The highest BCUT2D eigenvalue weighted by molar-refractivity contribution is 5.50. The van der Waals surface area contributed by atoms with Gasteiger partial charge >= 0.3 is 0 Å². The summed E-state index contributed by atoms with van der Waals surface area (Å²) in [6.07, 6.45) is 5.42. The van der Waals surface area contributed by atoms with Crippen molar-refractivity contribution in [3.8, 4) is 23.6 Å². The minimum atomic E-state index is 0.660. The molecule has 0 N–H and O–H groups in total. The lowest BCUT2D eigenvalue weighted by atomic mass is 10.1. The summed E-state index contributed by atoms with van der Waals surface area (Å²) in [6.45, 7) is 1.97. The van der Waals surface area contributed by atoms with E-state index in [1.165, 1.54) is 0 Å². The van der Waals surface area contributed by atoms with E-state index in [4.69, 9.17) is 5.26 Å². The largest absolute Gasteiger partial charge is 0.306 e. The topological polar surface area (TPSA) is 41.6 Å². The van der Waals surface area contributed by atoms with Crippen LogP contribution in [0.15, 0.2) is 61.2 Å². The second-order valence-corrected chi connectivity index (χ2v) is 4.91. The van der Waals surface area contributed by atoms with Crippen molar-refractivity contribution < 1.29 is 0 Å². The molecule has 0 radical (unpaired) electrons. The van der Waals surface area contributed by atoms with Crippen LogP contribution < -0.4 is 0 Å². The molecule has 3 aromatic rings. The van der Waals surface area contributed by atoms with Gasteiger partial charge in [-0.1, -0.05) is 11.8 Å². The first-order valence-corrected chi connectivity index (χ1v) is 6.87. The zero-order valence-corrected chi connectivity index (χ0v) is 12.1. The van der Waals surface area contributed by atoms with Crippen molar-refractivity contribution in [1.29, 1.82) is 5.26 Å². The van der Waals surface area contributed by atoms with Crippen LogP contribution in [-0.4, -0.2) is 9.55 Å². The molecule has 0 aliphatic rings. The van der Waals surface area contributed by atoms with Crippen LogP contribution in [0.5, 0.6) is 0 Å². The second kappa shape index (κ2) is 5.99. The fourth-order valence-electron chi connectivity index (χ4n) is 2.14. The Kier molecular flexibility index (Phi) is 3.72. The number of rotatable bonds is 1. The van der Waals surface area contributed by atoms with Crippen LogP contribution in [0.25, 0.3) is 5.69 Å². The predicted molar refractivity (Wildman–Crippen MR) is 85.4 cm³/mol. The minimum absolute atomic E-state index is 0.660. The SMILES string of the molecule is Cc1cc(C#N)ccc1C#Cc1ccc(-n2ccnc2)cc1. The Hall–Kier alpha value is -3.30. The van der Waals surface area contributed by atoms with Crippen molar-refractivity contribution in [2.75, 3.05) is 0 Å². The fraction of sp³-hybridized carbons (Fsp3) is 0.0526. The summed E-state index contributed by atoms with van der Waals surface area (Å²) in [5.41, 5.74) is 4.62. The number of benzene rings is 2. The van der Waals surface area contributed by atoms with Crippen LogP contribution in [0.2, 0.25) is 0 Å². The predicted octanol–water partition coefficient (Wildman–Crippen LogP) is 3.45. The van der Waals surface area contributed by atoms with Crippen LogP contribution in [-0.2, 0) is 0 Å². The highest BCUT2D eigenvalue weighted by Crippen LogP contribution is 2.11. The summed E-state index contributed by atoms with van der Waals surface area (Å²) in [6, 6.07) is 15.7. The van der Waals surface area contributed by atoms with Gasteiger partial charge in [0.25, 0.3) is 0 Å². The maximum Gasteiger partial charge on any atom is 0.0991 e. The van der Waals surface area contributed by atoms with Gasteiger partial charge in [-0.25, -0.2) is 4.98 Å². The van der Waals surface area contributed by atoms with Crippen LogP contribution in [0.1, 0.15) is 22.3 Å². The summed E-state index contributed by atoms with van der Waals surface area (Å²) in [7, 11) is 0. The van der Waals surface area contributed by atoms with Crippen molar-refractivity contribution >= 4 is 0 Å². The Bertz CT molecular complexity index is 887. The van der Waals surface area contributed by atoms with Crippen molar-refractivity contribution in [2.45, 2.75) is 6.92 Å². The van der Waals surface area contributed by atoms with E-state index in [1.54, 1.807) is 18.6 Å². The van der Waals surface area contributed by atoms with Crippen LogP contribution in [0.4, 0.5) is 0 Å². The number of nitriles is 1. The molecule has 0 fully saturated rings. The van der Waals surface area contributed by atoms with Gasteiger partial charge < -0.3 is 4.57 Å². The number of hydrogen-bond donors (Lipinski definition) is 0. The number of aryl methyl sites for hydroxylation is 1. The molecule has 0 unspecified atom stereocenters. The molecule has 3 rings (SSSR count). The van der Waals surface area contributed by atoms with E-state index in [2.05, 4.69) is 22.9 Å². The lowest BCUT2D eigenvalue weighted by Crippen LogP contribution is -1.89. The maximum atomic E-state index is 8.87. The molecule has 0 atom stereocenters. The third-order valence-corrected chi connectivity index (χ3v) is 3.37. The quantitative estimate of drug-likeness (QED) is 0.642. The van der Waals surface area contributed by atoms with E-state index in [1.807, 2.05) is 54.1 Å². The van der Waals surface area contributed by atoms with Crippen LogP contribution in [0, 0.1) is 30.1 Å². The Morgan fingerprint density at radius 3 is 2.41 bits per heavy atom. The average Bonchev–Trinajstić information content (AvgIpc) is 3.08. The number of nitrogens with zero attached hydrogens (tertiary/aromatic N) is 3. The summed E-state index contributed by atoms with van der Waals surface area (Å²) >= 11 is 0. The summed E-state index contributed by atoms with van der Waals surface area (Å²) in [5, 5.41) is 8.87. The lowest BCUT2D eigenvalue weighted by molar-refractivity contribution is 1.06. The molecule has 3 nitrogen and oxygen atoms in total. The molecule has 22 heavy (non-hydrogen) atoms. The van der Waals surface area contributed by atoms with E-state index < -0.39 is 0 Å². The molecule has 1 aromatic heterocycles. The van der Waals surface area contributed by atoms with Gasteiger partial charge in [0, 0.05) is 29.2 Å². The smallest absolute Gasteiger partial charge is 0.0991 e. The zero-order valence-electron chi connectivity index (χ0n) is 12.1. The number of aromatic nitrogens is 2. The molecule has 3 heteroatoms. The van der Waals surface area contributed by atoms with E-state index in [0.29, 0.717) is 5.56 Å². The van der Waals surface area contributed by atoms with Crippen molar-refractivity contribution in [3.63, 3.8) is 0 Å². The second-order valence-electron chi connectivity index (χ2n) is 4.91.